The minimum Gasteiger partial charge on any atom is -0.497 e. The van der Waals surface area contributed by atoms with Crippen LogP contribution in [0.4, 0.5) is 10.1 Å². The van der Waals surface area contributed by atoms with Crippen LogP contribution in [0.2, 0.25) is 0 Å². The molecule has 1 heterocycles. The lowest BCUT2D eigenvalue weighted by Gasteiger charge is -2.41. The number of methoxy groups -OCH3 is 1. The first kappa shape index (κ1) is 15.3. The predicted molar refractivity (Wildman–Crippen MR) is 76.8 cm³/mol. The van der Waals surface area contributed by atoms with E-state index in [1.165, 1.54) is 30.2 Å². The molecule has 2 amide bonds. The average Bonchev–Trinajstić information content (AvgIpc) is 2.50. The number of hydrogen-bond donors (Lipinski definition) is 1. The van der Waals surface area contributed by atoms with Gasteiger partial charge >= 0.3 is 0 Å². The molecule has 6 heteroatoms. The molecule has 21 heavy (non-hydrogen) atoms. The van der Waals surface area contributed by atoms with E-state index in [1.54, 1.807) is 0 Å². The summed E-state index contributed by atoms with van der Waals surface area (Å²) in [6, 6.07) is 4.13. The minimum absolute atomic E-state index is 0.0699. The summed E-state index contributed by atoms with van der Waals surface area (Å²) >= 11 is 0. The molecule has 114 valence electrons. The quantitative estimate of drug-likeness (QED) is 0.922. The number of piperazine rings is 1. The van der Waals surface area contributed by atoms with Gasteiger partial charge in [-0.15, -0.1) is 0 Å². The van der Waals surface area contributed by atoms with Gasteiger partial charge in [-0.25, -0.2) is 4.39 Å². The van der Waals surface area contributed by atoms with Gasteiger partial charge in [-0.2, -0.15) is 0 Å². The van der Waals surface area contributed by atoms with Crippen LogP contribution in [-0.4, -0.2) is 31.0 Å². The molecule has 1 aromatic rings. The topological polar surface area (TPSA) is 58.6 Å². The van der Waals surface area contributed by atoms with Crippen molar-refractivity contribution in [2.75, 3.05) is 18.6 Å². The fourth-order valence-electron chi connectivity index (χ4n) is 2.58. The largest absolute Gasteiger partial charge is 0.497 e. The number of nitrogens with zero attached hydrogens (tertiary/aromatic N) is 1. The monoisotopic (exact) mass is 294 g/mol. The highest BCUT2D eigenvalue weighted by Gasteiger charge is 2.45. The zero-order chi connectivity index (χ0) is 15.6. The van der Waals surface area contributed by atoms with Crippen LogP contribution in [0.15, 0.2) is 18.2 Å². The Morgan fingerprint density at radius 1 is 1.33 bits per heavy atom. The molecule has 0 aliphatic carbocycles. The fourth-order valence-corrected chi connectivity index (χ4v) is 2.58. The van der Waals surface area contributed by atoms with Gasteiger partial charge in [0.15, 0.2) is 0 Å². The molecule has 0 spiro atoms. The standard InChI is InChI=1S/C15H19FN2O3/c1-4-15(5-2)14(20)18(9-13(19)17-15)12-8-10(21-3)6-7-11(12)16/h6-8H,4-5,9H2,1-3H3,(H,17,19). The number of nitrogens with one attached hydrogen (secondary N) is 1. The van der Waals surface area contributed by atoms with Crippen molar-refractivity contribution in [1.82, 2.24) is 5.32 Å². The van der Waals surface area contributed by atoms with Gasteiger partial charge in [-0.3, -0.25) is 14.5 Å². The summed E-state index contributed by atoms with van der Waals surface area (Å²) in [5.74, 6) is -0.705. The zero-order valence-corrected chi connectivity index (χ0v) is 12.4. The Hall–Kier alpha value is -2.11. The Balaban J connectivity index is 2.47. The number of anilines is 1. The van der Waals surface area contributed by atoms with Crippen LogP contribution in [0.1, 0.15) is 26.7 Å². The van der Waals surface area contributed by atoms with E-state index in [0.717, 1.165) is 0 Å². The maximum Gasteiger partial charge on any atom is 0.253 e. The van der Waals surface area contributed by atoms with Gasteiger partial charge in [0.05, 0.1) is 12.8 Å². The molecule has 0 unspecified atom stereocenters. The molecule has 0 bridgehead atoms. The normalized spacial score (nSPS) is 17.6. The predicted octanol–water partition coefficient (Wildman–Crippen LogP) is 1.86. The molecule has 0 aromatic heterocycles. The molecule has 0 atom stereocenters. The van der Waals surface area contributed by atoms with Crippen LogP contribution in [0.25, 0.3) is 0 Å². The van der Waals surface area contributed by atoms with Gasteiger partial charge < -0.3 is 10.1 Å². The van der Waals surface area contributed by atoms with Gasteiger partial charge in [-0.05, 0) is 25.0 Å². The molecule has 1 aliphatic rings. The first-order valence-corrected chi connectivity index (χ1v) is 6.94. The SMILES string of the molecule is CCC1(CC)NC(=O)CN(c2cc(OC)ccc2F)C1=O. The first-order valence-electron chi connectivity index (χ1n) is 6.94. The third-order valence-corrected chi connectivity index (χ3v) is 3.99. The number of hydrogen-bond acceptors (Lipinski definition) is 3. The lowest BCUT2D eigenvalue weighted by atomic mass is 9.88. The van der Waals surface area contributed by atoms with Gasteiger partial charge in [-0.1, -0.05) is 13.8 Å². The Kier molecular flexibility index (Phi) is 4.16. The van der Waals surface area contributed by atoms with Crippen LogP contribution in [-0.2, 0) is 9.59 Å². The van der Waals surface area contributed by atoms with E-state index in [1.807, 2.05) is 13.8 Å². The molecule has 1 saturated heterocycles. The summed E-state index contributed by atoms with van der Waals surface area (Å²) in [5.41, 5.74) is -0.898. The minimum atomic E-state index is -0.967. The highest BCUT2D eigenvalue weighted by Crippen LogP contribution is 2.30. The first-order chi connectivity index (χ1) is 9.97. The highest BCUT2D eigenvalue weighted by atomic mass is 19.1. The van der Waals surface area contributed by atoms with Crippen molar-refractivity contribution in [3.05, 3.63) is 24.0 Å². The average molecular weight is 294 g/mol. The van der Waals surface area contributed by atoms with E-state index in [2.05, 4.69) is 5.32 Å². The second-order valence-electron chi connectivity index (χ2n) is 5.05. The summed E-state index contributed by atoms with van der Waals surface area (Å²) in [6.45, 7) is 3.46. The molecule has 5 nitrogen and oxygen atoms in total. The summed E-state index contributed by atoms with van der Waals surface area (Å²) in [4.78, 5) is 25.8. The van der Waals surface area contributed by atoms with Crippen molar-refractivity contribution in [2.24, 2.45) is 0 Å². The van der Waals surface area contributed by atoms with Gasteiger partial charge in [0.2, 0.25) is 5.91 Å². The lowest BCUT2D eigenvalue weighted by Crippen LogP contribution is -2.66. The second-order valence-corrected chi connectivity index (χ2v) is 5.05. The van der Waals surface area contributed by atoms with E-state index in [4.69, 9.17) is 4.74 Å². The van der Waals surface area contributed by atoms with E-state index in [-0.39, 0.29) is 24.0 Å². The second kappa shape index (κ2) is 5.71. The number of ether oxygens (including phenoxy) is 1. The van der Waals surface area contributed by atoms with E-state index < -0.39 is 11.4 Å². The maximum absolute atomic E-state index is 14.1. The number of carbonyl (C=O) groups excluding carboxylic acids is 2. The van der Waals surface area contributed by atoms with Gasteiger partial charge in [0.25, 0.3) is 5.91 Å². The Labute approximate surface area is 123 Å². The third kappa shape index (κ3) is 2.57. The summed E-state index contributed by atoms with van der Waals surface area (Å²) in [7, 11) is 1.46. The molecule has 1 aliphatic heterocycles. The van der Waals surface area contributed by atoms with Crippen molar-refractivity contribution in [3.63, 3.8) is 0 Å². The molecule has 1 fully saturated rings. The number of benzene rings is 1. The van der Waals surface area contributed by atoms with Crippen LogP contribution in [0.5, 0.6) is 5.75 Å². The van der Waals surface area contributed by atoms with Crippen molar-refractivity contribution in [2.45, 2.75) is 32.2 Å². The Bertz CT molecular complexity index is 570. The van der Waals surface area contributed by atoms with Crippen molar-refractivity contribution in [1.29, 1.82) is 0 Å². The molecular weight excluding hydrogens is 275 g/mol. The maximum atomic E-state index is 14.1. The Morgan fingerprint density at radius 2 is 2.00 bits per heavy atom. The molecule has 0 saturated carbocycles. The number of halogens is 1. The van der Waals surface area contributed by atoms with E-state index in [0.29, 0.717) is 18.6 Å². The molecule has 1 N–H and O–H groups in total. The van der Waals surface area contributed by atoms with Crippen molar-refractivity contribution >= 4 is 17.5 Å². The molecule has 2 rings (SSSR count). The molecule has 0 radical (unpaired) electrons. The van der Waals surface area contributed by atoms with Crippen LogP contribution >= 0.6 is 0 Å². The van der Waals surface area contributed by atoms with Crippen LogP contribution < -0.4 is 15.0 Å². The fraction of sp³-hybridized carbons (Fsp3) is 0.467. The number of carbonyl (C=O) groups is 2. The molecule has 1 aromatic carbocycles. The Morgan fingerprint density at radius 3 is 2.57 bits per heavy atom. The van der Waals surface area contributed by atoms with Crippen LogP contribution in [0.3, 0.4) is 0 Å². The smallest absolute Gasteiger partial charge is 0.253 e. The van der Waals surface area contributed by atoms with E-state index >= 15 is 0 Å². The van der Waals surface area contributed by atoms with E-state index in [9.17, 15) is 14.0 Å². The zero-order valence-electron chi connectivity index (χ0n) is 12.4. The van der Waals surface area contributed by atoms with Gasteiger partial charge in [0, 0.05) is 6.07 Å². The summed E-state index contributed by atoms with van der Waals surface area (Å²) in [5, 5.41) is 2.74. The summed E-state index contributed by atoms with van der Waals surface area (Å²) in [6.07, 6.45) is 0.909. The van der Waals surface area contributed by atoms with Gasteiger partial charge in [0.1, 0.15) is 23.7 Å². The number of amides is 2. The van der Waals surface area contributed by atoms with Crippen molar-refractivity contribution in [3.8, 4) is 5.75 Å². The molecular formula is C15H19FN2O3. The number of rotatable bonds is 4. The third-order valence-electron chi connectivity index (χ3n) is 3.99. The lowest BCUT2D eigenvalue weighted by molar-refractivity contribution is -0.136. The summed E-state index contributed by atoms with van der Waals surface area (Å²) < 4.78 is 19.1. The highest BCUT2D eigenvalue weighted by molar-refractivity contribution is 6.09. The van der Waals surface area contributed by atoms with Crippen molar-refractivity contribution < 1.29 is 18.7 Å². The van der Waals surface area contributed by atoms with Crippen LogP contribution in [0, 0.1) is 5.82 Å².